The Morgan fingerprint density at radius 2 is 1.76 bits per heavy atom. The highest BCUT2D eigenvalue weighted by atomic mass is 16.5. The molecule has 0 bridgehead atoms. The van der Waals surface area contributed by atoms with E-state index in [1.165, 1.54) is 6.21 Å². The number of hydrazone groups is 1. The van der Waals surface area contributed by atoms with Crippen LogP contribution in [0.5, 0.6) is 17.2 Å². The van der Waals surface area contributed by atoms with Crippen LogP contribution in [0.1, 0.15) is 61.9 Å². The minimum absolute atomic E-state index is 0.138. The largest absolute Gasteiger partial charge is 0.493 e. The lowest BCUT2D eigenvalue weighted by molar-refractivity contribution is -0.123. The second kappa shape index (κ2) is 14.6. The van der Waals surface area contributed by atoms with Gasteiger partial charge in [-0.15, -0.1) is 0 Å². The number of amides is 1. The van der Waals surface area contributed by atoms with Crippen molar-refractivity contribution < 1.29 is 28.5 Å². The molecule has 0 heterocycles. The van der Waals surface area contributed by atoms with E-state index in [-0.39, 0.29) is 24.0 Å². The molecule has 34 heavy (non-hydrogen) atoms. The van der Waals surface area contributed by atoms with E-state index in [1.807, 2.05) is 6.92 Å². The standard InChI is InChI=1S/C26H34N2O6/c1-5-7-8-11-20(6-2)34-26(30)21-12-9-10-13-22(21)33-18-25(29)28-27-17-19-14-15-23(31-3)24(16-19)32-4/h9-10,12-17,20H,5-8,11,18H2,1-4H3,(H,28,29). The van der Waals surface area contributed by atoms with Crippen LogP contribution in [0, 0.1) is 0 Å². The number of nitrogens with zero attached hydrogens (tertiary/aromatic N) is 1. The summed E-state index contributed by atoms with van der Waals surface area (Å²) in [6.45, 7) is 3.83. The van der Waals surface area contributed by atoms with E-state index in [2.05, 4.69) is 17.5 Å². The molecule has 0 fully saturated rings. The third-order valence-electron chi connectivity index (χ3n) is 5.13. The summed E-state index contributed by atoms with van der Waals surface area (Å²) in [6, 6.07) is 12.0. The van der Waals surface area contributed by atoms with Gasteiger partial charge >= 0.3 is 5.97 Å². The number of esters is 1. The molecule has 0 radical (unpaired) electrons. The van der Waals surface area contributed by atoms with Crippen molar-refractivity contribution in [3.05, 3.63) is 53.6 Å². The number of para-hydroxylation sites is 1. The number of ether oxygens (including phenoxy) is 4. The average Bonchev–Trinajstić information content (AvgIpc) is 2.86. The lowest BCUT2D eigenvalue weighted by Crippen LogP contribution is -2.25. The molecule has 0 spiro atoms. The third-order valence-corrected chi connectivity index (χ3v) is 5.13. The second-order valence-electron chi connectivity index (χ2n) is 7.62. The maximum Gasteiger partial charge on any atom is 0.342 e. The highest BCUT2D eigenvalue weighted by molar-refractivity contribution is 5.92. The van der Waals surface area contributed by atoms with Crippen molar-refractivity contribution in [2.24, 2.45) is 5.10 Å². The highest BCUT2D eigenvalue weighted by Crippen LogP contribution is 2.27. The zero-order valence-corrected chi connectivity index (χ0v) is 20.3. The van der Waals surface area contributed by atoms with E-state index < -0.39 is 11.9 Å². The number of carbonyl (C=O) groups is 2. The van der Waals surface area contributed by atoms with Gasteiger partial charge in [-0.05, 0) is 55.2 Å². The molecule has 0 aliphatic heterocycles. The lowest BCUT2D eigenvalue weighted by Gasteiger charge is -2.17. The molecule has 1 N–H and O–H groups in total. The molecule has 0 saturated heterocycles. The molecular weight excluding hydrogens is 436 g/mol. The van der Waals surface area contributed by atoms with Crippen LogP contribution in [0.3, 0.4) is 0 Å². The van der Waals surface area contributed by atoms with Gasteiger partial charge in [0.15, 0.2) is 18.1 Å². The highest BCUT2D eigenvalue weighted by Gasteiger charge is 2.18. The Labute approximate surface area is 201 Å². The summed E-state index contributed by atoms with van der Waals surface area (Å²) in [7, 11) is 3.10. The Morgan fingerprint density at radius 3 is 2.47 bits per heavy atom. The van der Waals surface area contributed by atoms with Gasteiger partial charge in [0.05, 0.1) is 20.4 Å². The first-order valence-electron chi connectivity index (χ1n) is 11.5. The lowest BCUT2D eigenvalue weighted by atomic mass is 10.1. The molecule has 2 rings (SSSR count). The van der Waals surface area contributed by atoms with Gasteiger partial charge in [0.25, 0.3) is 5.91 Å². The Bertz CT molecular complexity index is 960. The minimum atomic E-state index is -0.467. The molecule has 2 aromatic rings. The fraction of sp³-hybridized carbons (Fsp3) is 0.423. The first kappa shape index (κ1) is 26.7. The van der Waals surface area contributed by atoms with Crippen LogP contribution >= 0.6 is 0 Å². The third kappa shape index (κ3) is 8.42. The maximum atomic E-state index is 12.7. The molecule has 1 atom stereocenters. The number of methoxy groups -OCH3 is 2. The van der Waals surface area contributed by atoms with E-state index in [1.54, 1.807) is 56.7 Å². The van der Waals surface area contributed by atoms with Crippen molar-refractivity contribution in [3.8, 4) is 17.2 Å². The molecule has 8 heteroatoms. The number of carbonyl (C=O) groups excluding carboxylic acids is 2. The van der Waals surface area contributed by atoms with Gasteiger partial charge in [0, 0.05) is 0 Å². The van der Waals surface area contributed by atoms with Gasteiger partial charge in [-0.1, -0.05) is 38.8 Å². The average molecular weight is 471 g/mol. The summed E-state index contributed by atoms with van der Waals surface area (Å²) in [6.07, 6.45) is 6.16. The Hall–Kier alpha value is -3.55. The molecule has 1 unspecified atom stereocenters. The molecular formula is C26H34N2O6. The molecule has 0 aromatic heterocycles. The molecule has 1 amide bonds. The molecule has 0 aliphatic carbocycles. The van der Waals surface area contributed by atoms with Crippen molar-refractivity contribution in [1.29, 1.82) is 0 Å². The molecule has 0 saturated carbocycles. The van der Waals surface area contributed by atoms with Crippen molar-refractivity contribution in [2.45, 2.75) is 52.1 Å². The SMILES string of the molecule is CCCCCC(CC)OC(=O)c1ccccc1OCC(=O)NN=Cc1ccc(OC)c(OC)c1. The van der Waals surface area contributed by atoms with E-state index in [9.17, 15) is 9.59 Å². The summed E-state index contributed by atoms with van der Waals surface area (Å²) in [5.74, 6) is 0.521. The number of benzene rings is 2. The normalized spacial score (nSPS) is 11.6. The zero-order valence-electron chi connectivity index (χ0n) is 20.3. The van der Waals surface area contributed by atoms with Crippen LogP contribution in [0.2, 0.25) is 0 Å². The van der Waals surface area contributed by atoms with Gasteiger partial charge in [-0.3, -0.25) is 4.79 Å². The van der Waals surface area contributed by atoms with Gasteiger partial charge in [0.1, 0.15) is 17.4 Å². The van der Waals surface area contributed by atoms with Crippen LogP contribution < -0.4 is 19.6 Å². The first-order chi connectivity index (χ1) is 16.5. The smallest absolute Gasteiger partial charge is 0.342 e. The molecule has 0 aliphatic rings. The molecule has 8 nitrogen and oxygen atoms in total. The van der Waals surface area contributed by atoms with Crippen LogP contribution in [-0.2, 0) is 9.53 Å². The molecule has 2 aromatic carbocycles. The van der Waals surface area contributed by atoms with Crippen molar-refractivity contribution in [1.82, 2.24) is 5.43 Å². The topological polar surface area (TPSA) is 95.5 Å². The Kier molecular flexibility index (Phi) is 11.4. The van der Waals surface area contributed by atoms with Crippen molar-refractivity contribution >= 4 is 18.1 Å². The Morgan fingerprint density at radius 1 is 1.00 bits per heavy atom. The van der Waals surface area contributed by atoms with Crippen LogP contribution in [0.4, 0.5) is 0 Å². The summed E-state index contributed by atoms with van der Waals surface area (Å²) in [4.78, 5) is 24.9. The van der Waals surface area contributed by atoms with E-state index in [0.29, 0.717) is 11.5 Å². The van der Waals surface area contributed by atoms with Gasteiger partial charge in [-0.25, -0.2) is 10.2 Å². The summed E-state index contributed by atoms with van der Waals surface area (Å²) >= 11 is 0. The quantitative estimate of drug-likeness (QED) is 0.185. The first-order valence-corrected chi connectivity index (χ1v) is 11.5. The minimum Gasteiger partial charge on any atom is -0.493 e. The second-order valence-corrected chi connectivity index (χ2v) is 7.62. The molecule has 184 valence electrons. The van der Waals surface area contributed by atoms with Gasteiger partial charge < -0.3 is 18.9 Å². The van der Waals surface area contributed by atoms with Crippen LogP contribution in [-0.4, -0.2) is 45.0 Å². The van der Waals surface area contributed by atoms with E-state index in [0.717, 1.165) is 37.7 Å². The fourth-order valence-electron chi connectivity index (χ4n) is 3.23. The summed E-state index contributed by atoms with van der Waals surface area (Å²) < 4.78 is 21.7. The monoisotopic (exact) mass is 470 g/mol. The predicted octanol–water partition coefficient (Wildman–Crippen LogP) is 4.75. The van der Waals surface area contributed by atoms with E-state index >= 15 is 0 Å². The number of hydrogen-bond donors (Lipinski definition) is 1. The fourth-order valence-corrected chi connectivity index (χ4v) is 3.23. The van der Waals surface area contributed by atoms with Crippen LogP contribution in [0.15, 0.2) is 47.6 Å². The number of unbranched alkanes of at least 4 members (excludes halogenated alkanes) is 2. The van der Waals surface area contributed by atoms with Crippen LogP contribution in [0.25, 0.3) is 0 Å². The predicted molar refractivity (Wildman–Crippen MR) is 131 cm³/mol. The number of rotatable bonds is 14. The van der Waals surface area contributed by atoms with Gasteiger partial charge in [-0.2, -0.15) is 5.10 Å². The zero-order chi connectivity index (χ0) is 24.8. The Balaban J connectivity index is 1.91. The number of nitrogens with one attached hydrogen (secondary N) is 1. The van der Waals surface area contributed by atoms with Gasteiger partial charge in [0.2, 0.25) is 0 Å². The van der Waals surface area contributed by atoms with Crippen molar-refractivity contribution in [3.63, 3.8) is 0 Å². The van der Waals surface area contributed by atoms with E-state index in [4.69, 9.17) is 18.9 Å². The number of hydrogen-bond acceptors (Lipinski definition) is 7. The maximum absolute atomic E-state index is 12.7. The summed E-state index contributed by atoms with van der Waals surface area (Å²) in [5.41, 5.74) is 3.41. The van der Waals surface area contributed by atoms with Crippen molar-refractivity contribution in [2.75, 3.05) is 20.8 Å². The summed E-state index contributed by atoms with van der Waals surface area (Å²) in [5, 5.41) is 3.94.